The maximum absolute atomic E-state index is 14.5. The first-order chi connectivity index (χ1) is 17.4. The third kappa shape index (κ3) is 5.12. The van der Waals surface area contributed by atoms with Crippen molar-refractivity contribution in [2.24, 2.45) is 5.92 Å². The van der Waals surface area contributed by atoms with E-state index in [9.17, 15) is 18.0 Å². The van der Waals surface area contributed by atoms with E-state index >= 15 is 0 Å². The lowest BCUT2D eigenvalue weighted by Gasteiger charge is -2.23. The van der Waals surface area contributed by atoms with E-state index < -0.39 is 17.5 Å². The average molecular weight is 492 g/mol. The predicted octanol–water partition coefficient (Wildman–Crippen LogP) is 6.44. The monoisotopic (exact) mass is 491 g/mol. The molecule has 1 fully saturated rings. The molecule has 0 atom stereocenters. The Bertz CT molecular complexity index is 1380. The normalized spacial score (nSPS) is 13.0. The van der Waals surface area contributed by atoms with E-state index in [0.717, 1.165) is 25.0 Å². The summed E-state index contributed by atoms with van der Waals surface area (Å²) in [6.07, 6.45) is 2.05. The van der Waals surface area contributed by atoms with Gasteiger partial charge in [-0.25, -0.2) is 17.9 Å². The zero-order valence-electron chi connectivity index (χ0n) is 19.6. The number of ether oxygens (including phenoxy) is 1. The number of aryl methyl sites for hydroxylation is 1. The molecule has 5 rings (SSSR count). The minimum Gasteiger partial charge on any atom is -0.435 e. The molecule has 1 amide bonds. The third-order valence-electron chi connectivity index (χ3n) is 6.14. The largest absolute Gasteiger partial charge is 0.435 e. The van der Waals surface area contributed by atoms with Crippen LogP contribution in [0.25, 0.3) is 5.69 Å². The van der Waals surface area contributed by atoms with Crippen molar-refractivity contribution in [2.45, 2.75) is 26.3 Å². The van der Waals surface area contributed by atoms with E-state index in [0.29, 0.717) is 35.0 Å². The van der Waals surface area contributed by atoms with Crippen molar-refractivity contribution in [3.05, 3.63) is 107 Å². The molecule has 8 heteroatoms. The molecule has 5 nitrogen and oxygen atoms in total. The topological polar surface area (TPSA) is 47.4 Å². The second-order valence-electron chi connectivity index (χ2n) is 8.93. The minimum atomic E-state index is -0.850. The van der Waals surface area contributed by atoms with Crippen molar-refractivity contribution in [3.63, 3.8) is 0 Å². The van der Waals surface area contributed by atoms with Crippen molar-refractivity contribution in [2.75, 3.05) is 6.54 Å². The molecule has 184 valence electrons. The van der Waals surface area contributed by atoms with Crippen LogP contribution in [-0.4, -0.2) is 27.1 Å². The fraction of sp³-hybridized carbons (Fsp3) is 0.214. The molecular weight excluding hydrogens is 467 g/mol. The number of aromatic nitrogens is 2. The van der Waals surface area contributed by atoms with Gasteiger partial charge in [-0.1, -0.05) is 18.2 Å². The van der Waals surface area contributed by atoms with Crippen molar-refractivity contribution in [1.82, 2.24) is 14.7 Å². The molecule has 1 aromatic heterocycles. The van der Waals surface area contributed by atoms with Crippen LogP contribution in [0.15, 0.2) is 72.8 Å². The first-order valence-corrected chi connectivity index (χ1v) is 11.7. The second kappa shape index (κ2) is 9.89. The molecule has 0 spiro atoms. The van der Waals surface area contributed by atoms with Crippen LogP contribution in [0, 0.1) is 30.3 Å². The number of para-hydroxylation sites is 1. The molecule has 1 heterocycles. The van der Waals surface area contributed by atoms with E-state index in [1.54, 1.807) is 16.5 Å². The van der Waals surface area contributed by atoms with Gasteiger partial charge in [0, 0.05) is 18.2 Å². The van der Waals surface area contributed by atoms with Crippen LogP contribution in [0.5, 0.6) is 11.6 Å². The molecule has 1 saturated carbocycles. The van der Waals surface area contributed by atoms with Gasteiger partial charge in [-0.15, -0.1) is 0 Å². The SMILES string of the molecule is Cc1nn(-c2ccccc2)c(Oc2ccc(F)cc2F)c1CN(CC1CC1)C(=O)c1ccc(F)cc1. The van der Waals surface area contributed by atoms with Crippen LogP contribution in [0.4, 0.5) is 13.2 Å². The van der Waals surface area contributed by atoms with Crippen LogP contribution < -0.4 is 4.74 Å². The Morgan fingerprint density at radius 2 is 1.69 bits per heavy atom. The zero-order valence-corrected chi connectivity index (χ0v) is 19.6. The number of halogens is 3. The quantitative estimate of drug-likeness (QED) is 0.285. The Balaban J connectivity index is 1.55. The summed E-state index contributed by atoms with van der Waals surface area (Å²) in [5.41, 5.74) is 2.25. The standard InChI is InChI=1S/C28H24F3N3O2/c1-18-24(17-33(16-19-7-8-19)27(35)20-9-11-21(29)12-10-20)28(34(32-18)23-5-3-2-4-6-23)36-26-14-13-22(30)15-25(26)31/h2-6,9-15,19H,7-8,16-17H2,1H3. The van der Waals surface area contributed by atoms with Gasteiger partial charge in [0.05, 0.1) is 23.5 Å². The lowest BCUT2D eigenvalue weighted by atomic mass is 10.1. The number of amides is 1. The number of nitrogens with zero attached hydrogens (tertiary/aromatic N) is 3. The first kappa shape index (κ1) is 23.7. The summed E-state index contributed by atoms with van der Waals surface area (Å²) < 4.78 is 49.0. The minimum absolute atomic E-state index is 0.156. The average Bonchev–Trinajstić information content (AvgIpc) is 3.64. The lowest BCUT2D eigenvalue weighted by Crippen LogP contribution is -2.32. The molecule has 4 aromatic rings. The van der Waals surface area contributed by atoms with Crippen molar-refractivity contribution in [3.8, 4) is 17.3 Å². The van der Waals surface area contributed by atoms with E-state index in [4.69, 9.17) is 4.74 Å². The molecule has 0 bridgehead atoms. The molecular formula is C28H24F3N3O2. The van der Waals surface area contributed by atoms with Gasteiger partial charge < -0.3 is 9.64 Å². The molecule has 36 heavy (non-hydrogen) atoms. The van der Waals surface area contributed by atoms with E-state index in [2.05, 4.69) is 5.10 Å². The van der Waals surface area contributed by atoms with Gasteiger partial charge in [-0.2, -0.15) is 5.10 Å². The number of benzene rings is 3. The summed E-state index contributed by atoms with van der Waals surface area (Å²) in [5, 5.41) is 4.62. The molecule has 0 saturated heterocycles. The lowest BCUT2D eigenvalue weighted by molar-refractivity contribution is 0.0733. The van der Waals surface area contributed by atoms with Crippen molar-refractivity contribution in [1.29, 1.82) is 0 Å². The molecule has 3 aromatic carbocycles. The summed E-state index contributed by atoms with van der Waals surface area (Å²) in [6.45, 7) is 2.47. The highest BCUT2D eigenvalue weighted by Gasteiger charge is 2.30. The number of rotatable bonds is 8. The van der Waals surface area contributed by atoms with Crippen LogP contribution >= 0.6 is 0 Å². The predicted molar refractivity (Wildman–Crippen MR) is 129 cm³/mol. The summed E-state index contributed by atoms with van der Waals surface area (Å²) in [5.74, 6) is -1.77. The second-order valence-corrected chi connectivity index (χ2v) is 8.93. The summed E-state index contributed by atoms with van der Waals surface area (Å²) >= 11 is 0. The summed E-state index contributed by atoms with van der Waals surface area (Å²) in [6, 6.07) is 17.7. The van der Waals surface area contributed by atoms with Gasteiger partial charge in [0.25, 0.3) is 5.91 Å². The van der Waals surface area contributed by atoms with Crippen LogP contribution in [0.1, 0.15) is 34.5 Å². The maximum atomic E-state index is 14.5. The smallest absolute Gasteiger partial charge is 0.254 e. The fourth-order valence-electron chi connectivity index (χ4n) is 4.03. The van der Waals surface area contributed by atoms with Gasteiger partial charge in [-0.05, 0) is 74.2 Å². The highest BCUT2D eigenvalue weighted by Crippen LogP contribution is 2.35. The highest BCUT2D eigenvalue weighted by atomic mass is 19.1. The summed E-state index contributed by atoms with van der Waals surface area (Å²) in [7, 11) is 0. The van der Waals surface area contributed by atoms with E-state index in [1.807, 2.05) is 30.3 Å². The van der Waals surface area contributed by atoms with Crippen molar-refractivity contribution >= 4 is 5.91 Å². The number of carbonyl (C=O) groups excluding carboxylic acids is 1. The molecule has 0 radical (unpaired) electrons. The Morgan fingerprint density at radius 1 is 1.00 bits per heavy atom. The summed E-state index contributed by atoms with van der Waals surface area (Å²) in [4.78, 5) is 15.1. The Kier molecular flexibility index (Phi) is 6.50. The zero-order chi connectivity index (χ0) is 25.2. The highest BCUT2D eigenvalue weighted by molar-refractivity contribution is 5.94. The number of hydrogen-bond donors (Lipinski definition) is 0. The van der Waals surface area contributed by atoms with Gasteiger partial charge >= 0.3 is 0 Å². The number of carbonyl (C=O) groups is 1. The van der Waals surface area contributed by atoms with Gasteiger partial charge in [0.1, 0.15) is 11.6 Å². The van der Waals surface area contributed by atoms with Crippen LogP contribution in [0.3, 0.4) is 0 Å². The number of hydrogen-bond acceptors (Lipinski definition) is 3. The van der Waals surface area contributed by atoms with Crippen LogP contribution in [0.2, 0.25) is 0 Å². The molecule has 0 aliphatic heterocycles. The molecule has 1 aliphatic carbocycles. The van der Waals surface area contributed by atoms with Crippen LogP contribution in [-0.2, 0) is 6.54 Å². The van der Waals surface area contributed by atoms with Gasteiger partial charge in [0.15, 0.2) is 11.6 Å². The van der Waals surface area contributed by atoms with Gasteiger partial charge in [-0.3, -0.25) is 4.79 Å². The Hall–Kier alpha value is -4.07. The van der Waals surface area contributed by atoms with Crippen molar-refractivity contribution < 1.29 is 22.7 Å². The third-order valence-corrected chi connectivity index (χ3v) is 6.14. The molecule has 1 aliphatic rings. The van der Waals surface area contributed by atoms with Gasteiger partial charge in [0.2, 0.25) is 5.88 Å². The Labute approximate surface area is 206 Å². The fourth-order valence-corrected chi connectivity index (χ4v) is 4.03. The van der Waals surface area contributed by atoms with E-state index in [-0.39, 0.29) is 24.1 Å². The maximum Gasteiger partial charge on any atom is 0.254 e. The van der Waals surface area contributed by atoms with E-state index in [1.165, 1.54) is 30.3 Å². The molecule has 0 unspecified atom stereocenters. The Morgan fingerprint density at radius 3 is 2.36 bits per heavy atom. The molecule has 0 N–H and O–H groups in total. The first-order valence-electron chi connectivity index (χ1n) is 11.7.